The van der Waals surface area contributed by atoms with Crippen molar-refractivity contribution in [2.24, 2.45) is 11.8 Å². The molecule has 162 valence electrons. The van der Waals surface area contributed by atoms with Crippen LogP contribution in [0.5, 0.6) is 5.75 Å². The molecule has 0 spiro atoms. The number of carbonyl (C=O) groups is 3. The van der Waals surface area contributed by atoms with Gasteiger partial charge in [-0.05, 0) is 37.8 Å². The highest BCUT2D eigenvalue weighted by atomic mass is 16.5. The SMILES string of the molecule is CCCC[C@H](CN(O)C=O)C(=O)[C@@H](NC(=O)Nc1nc(C)cc(C)c1O)C(C)C. The summed E-state index contributed by atoms with van der Waals surface area (Å²) in [5.74, 6) is -1.21. The maximum absolute atomic E-state index is 13.0. The molecule has 0 saturated heterocycles. The molecule has 3 amide bonds. The largest absolute Gasteiger partial charge is 0.504 e. The summed E-state index contributed by atoms with van der Waals surface area (Å²) in [4.78, 5) is 40.4. The average molecular weight is 408 g/mol. The van der Waals surface area contributed by atoms with Crippen molar-refractivity contribution in [1.29, 1.82) is 0 Å². The molecule has 1 aromatic rings. The van der Waals surface area contributed by atoms with Gasteiger partial charge in [0.2, 0.25) is 6.41 Å². The number of hydrogen-bond acceptors (Lipinski definition) is 6. The molecule has 0 saturated carbocycles. The Morgan fingerprint density at radius 3 is 2.52 bits per heavy atom. The highest BCUT2D eigenvalue weighted by molar-refractivity contribution is 5.95. The molecule has 1 rings (SSSR count). The minimum Gasteiger partial charge on any atom is -0.504 e. The Labute approximate surface area is 171 Å². The number of pyridine rings is 1. The number of nitrogens with zero attached hydrogens (tertiary/aromatic N) is 2. The number of rotatable bonds is 11. The van der Waals surface area contributed by atoms with Gasteiger partial charge in [-0.3, -0.25) is 20.1 Å². The number of aromatic hydroxyl groups is 1. The third-order valence-electron chi connectivity index (χ3n) is 4.64. The molecular weight excluding hydrogens is 376 g/mol. The number of nitrogens with one attached hydrogen (secondary N) is 2. The lowest BCUT2D eigenvalue weighted by Crippen LogP contribution is -2.50. The van der Waals surface area contributed by atoms with Gasteiger partial charge in [-0.15, -0.1) is 0 Å². The molecule has 1 aromatic heterocycles. The highest BCUT2D eigenvalue weighted by Gasteiger charge is 2.31. The van der Waals surface area contributed by atoms with Crippen LogP contribution in [-0.2, 0) is 9.59 Å². The van der Waals surface area contributed by atoms with E-state index < -0.39 is 18.0 Å². The molecule has 0 radical (unpaired) electrons. The maximum atomic E-state index is 13.0. The van der Waals surface area contributed by atoms with Crippen LogP contribution in [0.3, 0.4) is 0 Å². The maximum Gasteiger partial charge on any atom is 0.321 e. The van der Waals surface area contributed by atoms with Gasteiger partial charge in [0, 0.05) is 11.6 Å². The van der Waals surface area contributed by atoms with Crippen molar-refractivity contribution < 1.29 is 24.7 Å². The fraction of sp³-hybridized carbons (Fsp3) is 0.600. The predicted molar refractivity (Wildman–Crippen MR) is 109 cm³/mol. The molecule has 9 heteroatoms. The third kappa shape index (κ3) is 7.34. The van der Waals surface area contributed by atoms with E-state index in [2.05, 4.69) is 15.6 Å². The summed E-state index contributed by atoms with van der Waals surface area (Å²) >= 11 is 0. The molecule has 0 aliphatic carbocycles. The summed E-state index contributed by atoms with van der Waals surface area (Å²) in [5.41, 5.74) is 1.20. The van der Waals surface area contributed by atoms with Crippen molar-refractivity contribution in [3.05, 3.63) is 17.3 Å². The second-order valence-electron chi connectivity index (χ2n) is 7.57. The molecular formula is C20H32N4O5. The van der Waals surface area contributed by atoms with Crippen LogP contribution >= 0.6 is 0 Å². The predicted octanol–water partition coefficient (Wildman–Crippen LogP) is 2.77. The summed E-state index contributed by atoms with van der Waals surface area (Å²) in [7, 11) is 0. The van der Waals surface area contributed by atoms with Gasteiger partial charge in [-0.25, -0.2) is 14.8 Å². The second-order valence-corrected chi connectivity index (χ2v) is 7.57. The minimum absolute atomic E-state index is 0.0139. The molecule has 0 aliphatic heterocycles. The zero-order valence-electron chi connectivity index (χ0n) is 17.7. The molecule has 0 fully saturated rings. The molecule has 0 aliphatic rings. The number of urea groups is 1. The molecule has 2 atom stereocenters. The number of ketones is 1. The quantitative estimate of drug-likeness (QED) is 0.253. The Morgan fingerprint density at radius 2 is 1.97 bits per heavy atom. The van der Waals surface area contributed by atoms with Crippen molar-refractivity contribution in [3.63, 3.8) is 0 Å². The Balaban J connectivity index is 2.96. The van der Waals surface area contributed by atoms with Crippen LogP contribution in [-0.4, -0.2) is 51.2 Å². The van der Waals surface area contributed by atoms with Gasteiger partial charge < -0.3 is 10.4 Å². The van der Waals surface area contributed by atoms with Crippen LogP contribution in [0.2, 0.25) is 0 Å². The normalized spacial score (nSPS) is 12.9. The number of amides is 3. The summed E-state index contributed by atoms with van der Waals surface area (Å²) < 4.78 is 0. The number of aryl methyl sites for hydroxylation is 2. The first kappa shape index (κ1) is 24.4. The van der Waals surface area contributed by atoms with E-state index in [0.29, 0.717) is 22.7 Å². The Kier molecular flexibility index (Phi) is 9.54. The monoisotopic (exact) mass is 408 g/mol. The van der Waals surface area contributed by atoms with E-state index >= 15 is 0 Å². The first-order valence-electron chi connectivity index (χ1n) is 9.79. The third-order valence-corrected chi connectivity index (χ3v) is 4.64. The summed E-state index contributed by atoms with van der Waals surface area (Å²) in [6, 6.07) is 0.186. The Morgan fingerprint density at radius 1 is 1.31 bits per heavy atom. The number of hydroxylamine groups is 2. The molecule has 0 aromatic carbocycles. The highest BCUT2D eigenvalue weighted by Crippen LogP contribution is 2.25. The minimum atomic E-state index is -0.829. The van der Waals surface area contributed by atoms with Gasteiger partial charge in [0.05, 0.1) is 12.6 Å². The fourth-order valence-corrected chi connectivity index (χ4v) is 3.07. The zero-order chi connectivity index (χ0) is 22.1. The van der Waals surface area contributed by atoms with Crippen molar-refractivity contribution in [2.45, 2.75) is 59.9 Å². The Bertz CT molecular complexity index is 723. The van der Waals surface area contributed by atoms with Gasteiger partial charge in [0.15, 0.2) is 17.4 Å². The fourth-order valence-electron chi connectivity index (χ4n) is 3.07. The van der Waals surface area contributed by atoms with E-state index in [1.807, 2.05) is 6.92 Å². The first-order valence-corrected chi connectivity index (χ1v) is 9.79. The van der Waals surface area contributed by atoms with E-state index in [9.17, 15) is 24.7 Å². The lowest BCUT2D eigenvalue weighted by atomic mass is 9.87. The van der Waals surface area contributed by atoms with Crippen LogP contribution < -0.4 is 10.6 Å². The lowest BCUT2D eigenvalue weighted by molar-refractivity contribution is -0.154. The molecule has 1 heterocycles. The standard InChI is InChI=1S/C20H32N4O5/c1-6-7-8-15(10-24(29)11-25)18(27)16(12(2)3)22-20(28)23-19-17(26)13(4)9-14(5)21-19/h9,11-12,15-16,26,29H,6-8,10H2,1-5H3,(H2,21,22,23,28)/t15-,16+/m1/s1. The first-order chi connectivity index (χ1) is 13.6. The average Bonchev–Trinajstić information content (AvgIpc) is 2.66. The van der Waals surface area contributed by atoms with Gasteiger partial charge >= 0.3 is 6.03 Å². The topological polar surface area (TPSA) is 132 Å². The molecule has 0 unspecified atom stereocenters. The number of anilines is 1. The van der Waals surface area contributed by atoms with Gasteiger partial charge in [-0.1, -0.05) is 33.6 Å². The van der Waals surface area contributed by atoms with Gasteiger partial charge in [0.1, 0.15) is 0 Å². The second kappa shape index (κ2) is 11.4. The zero-order valence-corrected chi connectivity index (χ0v) is 17.7. The van der Waals surface area contributed by atoms with Crippen molar-refractivity contribution in [3.8, 4) is 5.75 Å². The molecule has 29 heavy (non-hydrogen) atoms. The molecule has 9 nitrogen and oxygen atoms in total. The Hall–Kier alpha value is -2.68. The van der Waals surface area contributed by atoms with Gasteiger partial charge in [0.25, 0.3) is 0 Å². The van der Waals surface area contributed by atoms with Crippen LogP contribution in [0.25, 0.3) is 0 Å². The molecule has 4 N–H and O–H groups in total. The summed E-state index contributed by atoms with van der Waals surface area (Å²) in [6.45, 7) is 8.87. The van der Waals surface area contributed by atoms with Crippen LogP contribution in [0.4, 0.5) is 10.6 Å². The number of carbonyl (C=O) groups excluding carboxylic acids is 3. The number of unbranched alkanes of at least 4 members (excludes halogenated alkanes) is 1. The lowest BCUT2D eigenvalue weighted by Gasteiger charge is -2.27. The van der Waals surface area contributed by atoms with Crippen LogP contribution in [0.15, 0.2) is 6.07 Å². The van der Waals surface area contributed by atoms with Crippen molar-refractivity contribution >= 4 is 24.0 Å². The van der Waals surface area contributed by atoms with E-state index in [-0.39, 0.29) is 36.2 Å². The van der Waals surface area contributed by atoms with Crippen LogP contribution in [0, 0.1) is 25.7 Å². The van der Waals surface area contributed by atoms with E-state index in [0.717, 1.165) is 12.8 Å². The number of Topliss-reactive ketones (excluding diaryl/α,β-unsaturated/α-hetero) is 1. The van der Waals surface area contributed by atoms with Gasteiger partial charge in [-0.2, -0.15) is 0 Å². The van der Waals surface area contributed by atoms with Crippen molar-refractivity contribution in [1.82, 2.24) is 15.4 Å². The number of aromatic nitrogens is 1. The smallest absolute Gasteiger partial charge is 0.321 e. The number of hydrogen-bond donors (Lipinski definition) is 4. The molecule has 0 bridgehead atoms. The summed E-state index contributed by atoms with van der Waals surface area (Å²) in [6.07, 6.45) is 2.35. The van der Waals surface area contributed by atoms with E-state index in [4.69, 9.17) is 0 Å². The van der Waals surface area contributed by atoms with Crippen molar-refractivity contribution in [2.75, 3.05) is 11.9 Å². The van der Waals surface area contributed by atoms with E-state index in [1.165, 1.54) is 0 Å². The van der Waals surface area contributed by atoms with Crippen LogP contribution in [0.1, 0.15) is 51.3 Å². The van der Waals surface area contributed by atoms with E-state index in [1.54, 1.807) is 33.8 Å². The summed E-state index contributed by atoms with van der Waals surface area (Å²) in [5, 5.41) is 25.2.